The van der Waals surface area contributed by atoms with E-state index in [9.17, 15) is 13.2 Å². The van der Waals surface area contributed by atoms with Gasteiger partial charge in [0.1, 0.15) is 5.92 Å². The summed E-state index contributed by atoms with van der Waals surface area (Å²) in [6, 6.07) is 0. The van der Waals surface area contributed by atoms with E-state index in [1.165, 1.54) is 4.90 Å². The molecule has 0 bridgehead atoms. The number of alkyl halides is 3. The summed E-state index contributed by atoms with van der Waals surface area (Å²) in [5.74, 6) is -2.30. The standard InChI is InChI=1S/C10H20F3N3O/c1-7(2)4-5-16(3)6-8(9(14)15-17)10(11,12)13/h7-8,17H,4-6H2,1-3H3,(H2,14,15). The fraction of sp³-hybridized carbons (Fsp3) is 0.900. The van der Waals surface area contributed by atoms with Gasteiger partial charge < -0.3 is 15.8 Å². The molecule has 0 aromatic heterocycles. The Balaban J connectivity index is 4.45. The number of nitrogens with zero attached hydrogens (tertiary/aromatic N) is 2. The van der Waals surface area contributed by atoms with Crippen molar-refractivity contribution in [2.45, 2.75) is 26.4 Å². The molecule has 0 aliphatic heterocycles. The summed E-state index contributed by atoms with van der Waals surface area (Å²) in [6.07, 6.45) is -3.69. The zero-order valence-corrected chi connectivity index (χ0v) is 10.3. The molecule has 0 aliphatic rings. The lowest BCUT2D eigenvalue weighted by atomic mass is 10.1. The van der Waals surface area contributed by atoms with Crippen LogP contribution in [0.1, 0.15) is 20.3 Å². The first kappa shape index (κ1) is 16.0. The van der Waals surface area contributed by atoms with Crippen LogP contribution in [0.5, 0.6) is 0 Å². The molecule has 0 heterocycles. The van der Waals surface area contributed by atoms with Crippen LogP contribution in [0.15, 0.2) is 5.16 Å². The quantitative estimate of drug-likeness (QED) is 0.330. The zero-order valence-electron chi connectivity index (χ0n) is 10.3. The largest absolute Gasteiger partial charge is 0.409 e. The topological polar surface area (TPSA) is 61.8 Å². The summed E-state index contributed by atoms with van der Waals surface area (Å²) in [4.78, 5) is 1.54. The molecule has 0 aliphatic carbocycles. The highest BCUT2D eigenvalue weighted by molar-refractivity contribution is 5.83. The average molecular weight is 255 g/mol. The third kappa shape index (κ3) is 6.35. The van der Waals surface area contributed by atoms with Crippen LogP contribution in [0, 0.1) is 11.8 Å². The van der Waals surface area contributed by atoms with Crippen molar-refractivity contribution in [1.29, 1.82) is 0 Å². The molecule has 1 unspecified atom stereocenters. The van der Waals surface area contributed by atoms with Gasteiger partial charge in [0.2, 0.25) is 0 Å². The lowest BCUT2D eigenvalue weighted by Crippen LogP contribution is -2.43. The van der Waals surface area contributed by atoms with Crippen LogP contribution in [0.4, 0.5) is 13.2 Å². The molecule has 102 valence electrons. The predicted molar refractivity (Wildman–Crippen MR) is 59.9 cm³/mol. The van der Waals surface area contributed by atoms with Gasteiger partial charge in [-0.2, -0.15) is 13.2 Å². The highest BCUT2D eigenvalue weighted by atomic mass is 19.4. The molecule has 0 spiro atoms. The van der Waals surface area contributed by atoms with Gasteiger partial charge in [-0.25, -0.2) is 0 Å². The van der Waals surface area contributed by atoms with Crippen molar-refractivity contribution in [3.8, 4) is 0 Å². The summed E-state index contributed by atoms with van der Waals surface area (Å²) in [5, 5.41) is 10.8. The van der Waals surface area contributed by atoms with Crippen LogP contribution in [0.2, 0.25) is 0 Å². The number of nitrogens with two attached hydrogens (primary N) is 1. The number of halogens is 3. The minimum absolute atomic E-state index is 0.299. The maximum Gasteiger partial charge on any atom is 0.400 e. The minimum Gasteiger partial charge on any atom is -0.409 e. The number of amidine groups is 1. The third-order valence-electron chi connectivity index (χ3n) is 2.45. The van der Waals surface area contributed by atoms with E-state index in [0.29, 0.717) is 12.5 Å². The van der Waals surface area contributed by atoms with E-state index in [4.69, 9.17) is 10.9 Å². The summed E-state index contributed by atoms with van der Waals surface area (Å²) >= 11 is 0. The van der Waals surface area contributed by atoms with Crippen LogP contribution in [-0.2, 0) is 0 Å². The van der Waals surface area contributed by atoms with Gasteiger partial charge in [-0.1, -0.05) is 19.0 Å². The van der Waals surface area contributed by atoms with E-state index in [2.05, 4.69) is 5.16 Å². The maximum absolute atomic E-state index is 12.6. The molecular formula is C10H20F3N3O. The first-order valence-electron chi connectivity index (χ1n) is 5.41. The molecule has 0 aromatic rings. The molecule has 0 rings (SSSR count). The summed E-state index contributed by atoms with van der Waals surface area (Å²) in [5.41, 5.74) is 5.06. The normalized spacial score (nSPS) is 15.6. The average Bonchev–Trinajstić information content (AvgIpc) is 2.20. The highest BCUT2D eigenvalue weighted by Gasteiger charge is 2.43. The Labute approximate surface area is 99.3 Å². The third-order valence-corrected chi connectivity index (χ3v) is 2.45. The van der Waals surface area contributed by atoms with Crippen molar-refractivity contribution in [3.05, 3.63) is 0 Å². The van der Waals surface area contributed by atoms with Crippen LogP contribution in [-0.4, -0.2) is 42.3 Å². The lowest BCUT2D eigenvalue weighted by molar-refractivity contribution is -0.159. The first-order chi connectivity index (χ1) is 7.68. The predicted octanol–water partition coefficient (Wildman–Crippen LogP) is 1.89. The molecular weight excluding hydrogens is 235 g/mol. The summed E-state index contributed by atoms with van der Waals surface area (Å²) < 4.78 is 37.9. The maximum atomic E-state index is 12.6. The number of hydrogen-bond donors (Lipinski definition) is 2. The molecule has 0 saturated heterocycles. The molecule has 0 aromatic carbocycles. The Hall–Kier alpha value is -0.980. The molecule has 0 amide bonds. The van der Waals surface area contributed by atoms with Gasteiger partial charge >= 0.3 is 6.18 Å². The first-order valence-corrected chi connectivity index (χ1v) is 5.41. The second kappa shape index (κ2) is 6.68. The Morgan fingerprint density at radius 1 is 1.41 bits per heavy atom. The fourth-order valence-electron chi connectivity index (χ4n) is 1.32. The van der Waals surface area contributed by atoms with Crippen LogP contribution < -0.4 is 5.73 Å². The molecule has 7 heteroatoms. The Kier molecular flexibility index (Phi) is 6.30. The van der Waals surface area contributed by atoms with Crippen molar-refractivity contribution in [3.63, 3.8) is 0 Å². The molecule has 3 N–H and O–H groups in total. The van der Waals surface area contributed by atoms with E-state index < -0.39 is 17.9 Å². The van der Waals surface area contributed by atoms with Crippen LogP contribution in [0.3, 0.4) is 0 Å². The van der Waals surface area contributed by atoms with Crippen LogP contribution >= 0.6 is 0 Å². The minimum atomic E-state index is -4.50. The van der Waals surface area contributed by atoms with Gasteiger partial charge in [-0.05, 0) is 25.9 Å². The zero-order chi connectivity index (χ0) is 13.6. The number of hydrogen-bond acceptors (Lipinski definition) is 3. The molecule has 0 radical (unpaired) electrons. The van der Waals surface area contributed by atoms with Crippen molar-refractivity contribution >= 4 is 5.84 Å². The van der Waals surface area contributed by atoms with E-state index >= 15 is 0 Å². The lowest BCUT2D eigenvalue weighted by Gasteiger charge is -2.25. The van der Waals surface area contributed by atoms with Crippen molar-refractivity contribution in [2.75, 3.05) is 20.1 Å². The molecule has 1 atom stereocenters. The molecule has 0 saturated carbocycles. The highest BCUT2D eigenvalue weighted by Crippen LogP contribution is 2.27. The van der Waals surface area contributed by atoms with E-state index in [-0.39, 0.29) is 6.54 Å². The smallest absolute Gasteiger partial charge is 0.400 e. The van der Waals surface area contributed by atoms with Gasteiger partial charge in [-0.3, -0.25) is 0 Å². The van der Waals surface area contributed by atoms with Gasteiger partial charge in [0, 0.05) is 6.54 Å². The second-order valence-corrected chi connectivity index (χ2v) is 4.56. The second-order valence-electron chi connectivity index (χ2n) is 4.56. The fourth-order valence-corrected chi connectivity index (χ4v) is 1.32. The Bertz CT molecular complexity index is 254. The number of rotatable bonds is 6. The Morgan fingerprint density at radius 3 is 2.29 bits per heavy atom. The molecule has 0 fully saturated rings. The van der Waals surface area contributed by atoms with E-state index in [0.717, 1.165) is 6.42 Å². The van der Waals surface area contributed by atoms with Crippen LogP contribution in [0.25, 0.3) is 0 Å². The number of oxime groups is 1. The summed E-state index contributed by atoms with van der Waals surface area (Å²) in [6.45, 7) is 4.24. The summed E-state index contributed by atoms with van der Waals surface area (Å²) in [7, 11) is 1.59. The molecule has 4 nitrogen and oxygen atoms in total. The van der Waals surface area contributed by atoms with Crippen molar-refractivity contribution < 1.29 is 18.4 Å². The van der Waals surface area contributed by atoms with Gasteiger partial charge in [-0.15, -0.1) is 0 Å². The molecule has 17 heavy (non-hydrogen) atoms. The van der Waals surface area contributed by atoms with Crippen molar-refractivity contribution in [2.24, 2.45) is 22.7 Å². The van der Waals surface area contributed by atoms with Gasteiger partial charge in [0.15, 0.2) is 5.84 Å². The van der Waals surface area contributed by atoms with Gasteiger partial charge in [0.05, 0.1) is 0 Å². The van der Waals surface area contributed by atoms with Gasteiger partial charge in [0.25, 0.3) is 0 Å². The van der Waals surface area contributed by atoms with E-state index in [1.54, 1.807) is 7.05 Å². The van der Waals surface area contributed by atoms with E-state index in [1.807, 2.05) is 13.8 Å². The monoisotopic (exact) mass is 255 g/mol. The SMILES string of the molecule is CC(C)CCN(C)CC(C(N)=NO)C(F)(F)F. The van der Waals surface area contributed by atoms with Crippen molar-refractivity contribution in [1.82, 2.24) is 4.90 Å². The Morgan fingerprint density at radius 2 is 1.94 bits per heavy atom.